The van der Waals surface area contributed by atoms with E-state index < -0.39 is 0 Å². The highest BCUT2D eigenvalue weighted by Gasteiger charge is 2.27. The Kier molecular flexibility index (Phi) is 5.31. The number of urea groups is 1. The summed E-state index contributed by atoms with van der Waals surface area (Å²) in [6.07, 6.45) is 1.06. The van der Waals surface area contributed by atoms with Crippen LogP contribution < -0.4 is 5.32 Å². The van der Waals surface area contributed by atoms with Gasteiger partial charge in [-0.15, -0.1) is 12.4 Å². The molecule has 0 saturated carbocycles. The fraction of sp³-hybridized carbons (Fsp3) is 0.900. The zero-order valence-electron chi connectivity index (χ0n) is 9.65. The van der Waals surface area contributed by atoms with Gasteiger partial charge in [-0.3, -0.25) is 0 Å². The van der Waals surface area contributed by atoms with Crippen LogP contribution in [0.15, 0.2) is 0 Å². The van der Waals surface area contributed by atoms with E-state index in [0.29, 0.717) is 19.3 Å². The molecule has 0 aromatic carbocycles. The average Bonchev–Trinajstić information content (AvgIpc) is 2.82. The normalized spacial score (nSPS) is 25.1. The van der Waals surface area contributed by atoms with E-state index in [1.165, 1.54) is 0 Å². The first-order chi connectivity index (χ1) is 7.29. The second-order valence-electron chi connectivity index (χ2n) is 4.14. The molecule has 16 heavy (non-hydrogen) atoms. The quantitative estimate of drug-likeness (QED) is 0.720. The number of halogens is 1. The number of carbonyl (C=O) groups is 1. The van der Waals surface area contributed by atoms with Crippen molar-refractivity contribution in [3.8, 4) is 0 Å². The van der Waals surface area contributed by atoms with Crippen LogP contribution in [0.5, 0.6) is 0 Å². The molecular weight excluding hydrogens is 230 g/mol. The van der Waals surface area contributed by atoms with Gasteiger partial charge in [0.15, 0.2) is 0 Å². The molecule has 0 aromatic heterocycles. The minimum atomic E-state index is 0. The molecule has 2 aliphatic heterocycles. The highest BCUT2D eigenvalue weighted by Crippen LogP contribution is 2.10. The number of ether oxygens (including phenoxy) is 1. The monoisotopic (exact) mass is 249 g/mol. The highest BCUT2D eigenvalue weighted by molar-refractivity contribution is 5.85. The number of rotatable bonds is 1. The summed E-state index contributed by atoms with van der Waals surface area (Å²) in [5.74, 6) is 0. The fourth-order valence-corrected chi connectivity index (χ4v) is 2.10. The zero-order valence-corrected chi connectivity index (χ0v) is 10.5. The van der Waals surface area contributed by atoms with Gasteiger partial charge in [-0.05, 0) is 13.0 Å². The van der Waals surface area contributed by atoms with Gasteiger partial charge >= 0.3 is 6.03 Å². The van der Waals surface area contributed by atoms with E-state index in [0.717, 1.165) is 32.6 Å². The summed E-state index contributed by atoms with van der Waals surface area (Å²) < 4.78 is 5.23. The third-order valence-corrected chi connectivity index (χ3v) is 3.17. The SMILES string of the molecule is CN(C(=O)N1CCOCC1)C1CCNC1.Cl. The molecular formula is C10H20ClN3O2. The number of nitrogens with one attached hydrogen (secondary N) is 1. The molecule has 1 unspecified atom stereocenters. The van der Waals surface area contributed by atoms with Crippen LogP contribution in [0.3, 0.4) is 0 Å². The molecule has 0 radical (unpaired) electrons. The number of hydrogen-bond acceptors (Lipinski definition) is 3. The van der Waals surface area contributed by atoms with Crippen molar-refractivity contribution >= 4 is 18.4 Å². The topological polar surface area (TPSA) is 44.8 Å². The van der Waals surface area contributed by atoms with E-state index >= 15 is 0 Å². The maximum atomic E-state index is 12.1. The summed E-state index contributed by atoms with van der Waals surface area (Å²) in [4.78, 5) is 15.8. The van der Waals surface area contributed by atoms with E-state index in [9.17, 15) is 4.79 Å². The molecule has 2 aliphatic rings. The Morgan fingerprint density at radius 1 is 1.44 bits per heavy atom. The van der Waals surface area contributed by atoms with Gasteiger partial charge in [-0.1, -0.05) is 0 Å². The minimum absolute atomic E-state index is 0. The minimum Gasteiger partial charge on any atom is -0.378 e. The summed E-state index contributed by atoms with van der Waals surface area (Å²) in [5.41, 5.74) is 0. The van der Waals surface area contributed by atoms with E-state index in [4.69, 9.17) is 4.74 Å². The van der Waals surface area contributed by atoms with Crippen molar-refractivity contribution in [3.63, 3.8) is 0 Å². The van der Waals surface area contributed by atoms with Crippen LogP contribution in [-0.4, -0.2) is 68.3 Å². The molecule has 6 heteroatoms. The Morgan fingerprint density at radius 2 is 2.12 bits per heavy atom. The number of amides is 2. The lowest BCUT2D eigenvalue weighted by Gasteiger charge is -2.33. The Hall–Kier alpha value is -0.520. The molecule has 2 heterocycles. The van der Waals surface area contributed by atoms with Crippen molar-refractivity contribution in [1.82, 2.24) is 15.1 Å². The molecule has 0 aliphatic carbocycles. The molecule has 0 aromatic rings. The van der Waals surface area contributed by atoms with Crippen LogP contribution in [0, 0.1) is 0 Å². The molecule has 2 amide bonds. The molecule has 2 rings (SSSR count). The lowest BCUT2D eigenvalue weighted by atomic mass is 10.2. The maximum Gasteiger partial charge on any atom is 0.320 e. The van der Waals surface area contributed by atoms with Gasteiger partial charge in [0.05, 0.1) is 13.2 Å². The summed E-state index contributed by atoms with van der Waals surface area (Å²) in [7, 11) is 1.90. The summed E-state index contributed by atoms with van der Waals surface area (Å²) in [6, 6.07) is 0.507. The highest BCUT2D eigenvalue weighted by atomic mass is 35.5. The Bertz CT molecular complexity index is 228. The van der Waals surface area contributed by atoms with Crippen molar-refractivity contribution < 1.29 is 9.53 Å². The number of nitrogens with zero attached hydrogens (tertiary/aromatic N) is 2. The molecule has 0 spiro atoms. The van der Waals surface area contributed by atoms with Gasteiger partial charge in [0.25, 0.3) is 0 Å². The van der Waals surface area contributed by atoms with Gasteiger partial charge < -0.3 is 19.9 Å². The Labute approximate surface area is 103 Å². The summed E-state index contributed by atoms with van der Waals surface area (Å²) in [5, 5.41) is 3.27. The first-order valence-corrected chi connectivity index (χ1v) is 5.59. The zero-order chi connectivity index (χ0) is 10.7. The van der Waals surface area contributed by atoms with Crippen molar-refractivity contribution in [3.05, 3.63) is 0 Å². The number of likely N-dealkylation sites (N-methyl/N-ethyl adjacent to an activating group) is 1. The first-order valence-electron chi connectivity index (χ1n) is 5.59. The van der Waals surface area contributed by atoms with Crippen molar-refractivity contribution in [2.45, 2.75) is 12.5 Å². The molecule has 2 saturated heterocycles. The molecule has 1 atom stereocenters. The molecule has 0 bridgehead atoms. The van der Waals surface area contributed by atoms with Crippen molar-refractivity contribution in [2.24, 2.45) is 0 Å². The molecule has 2 fully saturated rings. The molecule has 1 N–H and O–H groups in total. The smallest absolute Gasteiger partial charge is 0.320 e. The molecule has 5 nitrogen and oxygen atoms in total. The second kappa shape index (κ2) is 6.27. The van der Waals surface area contributed by atoms with Gasteiger partial charge in [0.1, 0.15) is 0 Å². The van der Waals surface area contributed by atoms with Crippen molar-refractivity contribution in [1.29, 1.82) is 0 Å². The van der Waals surface area contributed by atoms with Gasteiger partial charge in [0.2, 0.25) is 0 Å². The third kappa shape index (κ3) is 2.99. The predicted octanol–water partition coefficient (Wildman–Crippen LogP) is 0.154. The third-order valence-electron chi connectivity index (χ3n) is 3.17. The molecule has 94 valence electrons. The number of hydrogen-bond donors (Lipinski definition) is 1. The summed E-state index contributed by atoms with van der Waals surface area (Å²) in [6.45, 7) is 4.73. The van der Waals surface area contributed by atoms with Gasteiger partial charge in [-0.2, -0.15) is 0 Å². The predicted molar refractivity (Wildman–Crippen MR) is 64.1 cm³/mol. The van der Waals surface area contributed by atoms with Crippen LogP contribution in [-0.2, 0) is 4.74 Å². The Morgan fingerprint density at radius 3 is 2.69 bits per heavy atom. The first kappa shape index (κ1) is 13.5. The van der Waals surface area contributed by atoms with E-state index in [1.807, 2.05) is 16.8 Å². The largest absolute Gasteiger partial charge is 0.378 e. The van der Waals surface area contributed by atoms with Crippen LogP contribution in [0.1, 0.15) is 6.42 Å². The van der Waals surface area contributed by atoms with Gasteiger partial charge in [-0.25, -0.2) is 4.79 Å². The number of morpholine rings is 1. The fourth-order valence-electron chi connectivity index (χ4n) is 2.10. The summed E-state index contributed by atoms with van der Waals surface area (Å²) >= 11 is 0. The van der Waals surface area contributed by atoms with Crippen LogP contribution in [0.4, 0.5) is 4.79 Å². The second-order valence-corrected chi connectivity index (χ2v) is 4.14. The van der Waals surface area contributed by atoms with E-state index in [1.54, 1.807) is 0 Å². The van der Waals surface area contributed by atoms with Crippen molar-refractivity contribution in [2.75, 3.05) is 46.4 Å². The van der Waals surface area contributed by atoms with Crippen LogP contribution in [0.25, 0.3) is 0 Å². The number of carbonyl (C=O) groups excluding carboxylic acids is 1. The van der Waals surface area contributed by atoms with Gasteiger partial charge in [0, 0.05) is 32.7 Å². The van der Waals surface area contributed by atoms with E-state index in [-0.39, 0.29) is 18.4 Å². The lowest BCUT2D eigenvalue weighted by molar-refractivity contribution is 0.0427. The van der Waals surface area contributed by atoms with E-state index in [2.05, 4.69) is 5.32 Å². The van der Waals surface area contributed by atoms with Crippen LogP contribution in [0.2, 0.25) is 0 Å². The maximum absolute atomic E-state index is 12.1. The van der Waals surface area contributed by atoms with Crippen LogP contribution >= 0.6 is 12.4 Å². The average molecular weight is 250 g/mol. The lowest BCUT2D eigenvalue weighted by Crippen LogP contribution is -2.50. The Balaban J connectivity index is 0.00000128. The standard InChI is InChI=1S/C10H19N3O2.ClH/c1-12(9-2-3-11-8-9)10(14)13-4-6-15-7-5-13;/h9,11H,2-8H2,1H3;1H.